The van der Waals surface area contributed by atoms with E-state index in [1.165, 1.54) is 13.1 Å². The first-order chi connectivity index (χ1) is 6.50. The van der Waals surface area contributed by atoms with Crippen LogP contribution >= 0.6 is 0 Å². The molecule has 1 N–H and O–H groups in total. The van der Waals surface area contributed by atoms with Crippen LogP contribution < -0.4 is 4.74 Å². The first kappa shape index (κ1) is 10.4. The summed E-state index contributed by atoms with van der Waals surface area (Å²) in [6.07, 6.45) is 1.17. The molecule has 0 unspecified atom stereocenters. The summed E-state index contributed by atoms with van der Waals surface area (Å²) in [6, 6.07) is 0.962. The van der Waals surface area contributed by atoms with Crippen molar-refractivity contribution >= 4 is 5.97 Å². The number of rotatable bonds is 3. The summed E-state index contributed by atoms with van der Waals surface area (Å²) >= 11 is 0. The van der Waals surface area contributed by atoms with Crippen molar-refractivity contribution in [2.24, 2.45) is 0 Å². The van der Waals surface area contributed by atoms with E-state index in [1.807, 2.05) is 0 Å². The number of pyridine rings is 1. The van der Waals surface area contributed by atoms with Gasteiger partial charge in [-0.3, -0.25) is 0 Å². The Balaban J connectivity index is 3.00. The molecule has 0 radical (unpaired) electrons. The summed E-state index contributed by atoms with van der Waals surface area (Å²) in [5.74, 6) is -1.60. The summed E-state index contributed by atoms with van der Waals surface area (Å²) in [4.78, 5) is 14.1. The third kappa shape index (κ3) is 2.38. The molecule has 0 aliphatic heterocycles. The standard InChI is InChI=1S/C8H7F2NO3/c1-4-3-11-6(14-8(9)10)2-5(4)7(12)13/h2-3,8H,1H3,(H,12,13). The molecule has 0 aromatic carbocycles. The molecule has 0 saturated heterocycles. The Labute approximate surface area is 78.1 Å². The fourth-order valence-corrected chi connectivity index (χ4v) is 0.891. The molecule has 0 fully saturated rings. The van der Waals surface area contributed by atoms with Crippen LogP contribution in [-0.4, -0.2) is 22.7 Å². The molecule has 0 atom stereocenters. The molecule has 76 valence electrons. The molecule has 0 aliphatic rings. The van der Waals surface area contributed by atoms with Crippen LogP contribution in [0, 0.1) is 6.92 Å². The summed E-state index contributed by atoms with van der Waals surface area (Å²) in [5, 5.41) is 8.65. The van der Waals surface area contributed by atoms with Crippen LogP contribution in [0.25, 0.3) is 0 Å². The Hall–Kier alpha value is -1.72. The smallest absolute Gasteiger partial charge is 0.388 e. The fraction of sp³-hybridized carbons (Fsp3) is 0.250. The molecule has 0 aliphatic carbocycles. The van der Waals surface area contributed by atoms with Crippen LogP contribution in [0.5, 0.6) is 5.88 Å². The van der Waals surface area contributed by atoms with Gasteiger partial charge < -0.3 is 9.84 Å². The zero-order valence-electron chi connectivity index (χ0n) is 7.20. The summed E-state index contributed by atoms with van der Waals surface area (Å²) < 4.78 is 27.4. The summed E-state index contributed by atoms with van der Waals surface area (Å²) in [7, 11) is 0. The van der Waals surface area contributed by atoms with Gasteiger partial charge in [0.15, 0.2) is 0 Å². The second-order valence-corrected chi connectivity index (χ2v) is 2.52. The number of carbonyl (C=O) groups is 1. The highest BCUT2D eigenvalue weighted by atomic mass is 19.3. The van der Waals surface area contributed by atoms with Crippen LogP contribution in [0.1, 0.15) is 15.9 Å². The number of hydrogen-bond acceptors (Lipinski definition) is 3. The lowest BCUT2D eigenvalue weighted by molar-refractivity contribution is -0.0529. The number of aryl methyl sites for hydroxylation is 1. The van der Waals surface area contributed by atoms with Crippen molar-refractivity contribution in [3.8, 4) is 5.88 Å². The number of carboxylic acid groups (broad SMARTS) is 1. The summed E-state index contributed by atoms with van der Waals surface area (Å²) in [6.45, 7) is -1.49. The highest BCUT2D eigenvalue weighted by Gasteiger charge is 2.11. The molecule has 0 spiro atoms. The number of alkyl halides is 2. The van der Waals surface area contributed by atoms with Crippen LogP contribution in [-0.2, 0) is 0 Å². The molecule has 0 saturated carbocycles. The molecule has 1 aromatic heterocycles. The van der Waals surface area contributed by atoms with Gasteiger partial charge in [-0.1, -0.05) is 0 Å². The summed E-state index contributed by atoms with van der Waals surface area (Å²) in [5.41, 5.74) is 0.287. The average molecular weight is 203 g/mol. The third-order valence-electron chi connectivity index (χ3n) is 1.52. The van der Waals surface area contributed by atoms with E-state index in [0.717, 1.165) is 6.07 Å². The predicted octanol–water partition coefficient (Wildman–Crippen LogP) is 1.69. The van der Waals surface area contributed by atoms with Gasteiger partial charge in [0.2, 0.25) is 5.88 Å². The Kier molecular flexibility index (Phi) is 2.95. The van der Waals surface area contributed by atoms with Crippen LogP contribution in [0.15, 0.2) is 12.3 Å². The van der Waals surface area contributed by atoms with E-state index in [0.29, 0.717) is 5.56 Å². The number of nitrogens with zero attached hydrogens (tertiary/aromatic N) is 1. The van der Waals surface area contributed by atoms with Gasteiger partial charge in [-0.2, -0.15) is 8.78 Å². The SMILES string of the molecule is Cc1cnc(OC(F)F)cc1C(=O)O. The van der Waals surface area contributed by atoms with Gasteiger partial charge in [0.1, 0.15) is 0 Å². The molecule has 1 heterocycles. The van der Waals surface area contributed by atoms with Gasteiger partial charge in [-0.15, -0.1) is 0 Å². The lowest BCUT2D eigenvalue weighted by Crippen LogP contribution is -2.06. The highest BCUT2D eigenvalue weighted by Crippen LogP contribution is 2.15. The van der Waals surface area contributed by atoms with Gasteiger partial charge in [-0.25, -0.2) is 9.78 Å². The number of hydrogen-bond donors (Lipinski definition) is 1. The number of aromatic carboxylic acids is 1. The van der Waals surface area contributed by atoms with E-state index in [1.54, 1.807) is 0 Å². The second-order valence-electron chi connectivity index (χ2n) is 2.52. The van der Waals surface area contributed by atoms with Crippen LogP contribution in [0.4, 0.5) is 8.78 Å². The average Bonchev–Trinajstić information content (AvgIpc) is 2.07. The first-order valence-electron chi connectivity index (χ1n) is 3.65. The number of halogens is 2. The maximum absolute atomic E-state index is 11.7. The van der Waals surface area contributed by atoms with E-state index in [2.05, 4.69) is 9.72 Å². The van der Waals surface area contributed by atoms with Crippen LogP contribution in [0.3, 0.4) is 0 Å². The fourth-order valence-electron chi connectivity index (χ4n) is 0.891. The van der Waals surface area contributed by atoms with E-state index in [9.17, 15) is 13.6 Å². The lowest BCUT2D eigenvalue weighted by Gasteiger charge is -2.05. The Morgan fingerprint density at radius 3 is 2.79 bits per heavy atom. The zero-order valence-corrected chi connectivity index (χ0v) is 7.20. The van der Waals surface area contributed by atoms with E-state index < -0.39 is 18.5 Å². The molecular formula is C8H7F2NO3. The van der Waals surface area contributed by atoms with Crippen molar-refractivity contribution in [3.05, 3.63) is 23.4 Å². The molecule has 1 aromatic rings. The quantitative estimate of drug-likeness (QED) is 0.811. The van der Waals surface area contributed by atoms with Crippen molar-refractivity contribution in [1.29, 1.82) is 0 Å². The Morgan fingerprint density at radius 1 is 1.64 bits per heavy atom. The van der Waals surface area contributed by atoms with Crippen molar-refractivity contribution in [2.45, 2.75) is 13.5 Å². The minimum atomic E-state index is -3.01. The van der Waals surface area contributed by atoms with Gasteiger partial charge in [-0.05, 0) is 12.5 Å². The van der Waals surface area contributed by atoms with Gasteiger partial charge in [0, 0.05) is 12.3 Å². The molecule has 1 rings (SSSR count). The minimum Gasteiger partial charge on any atom is -0.478 e. The van der Waals surface area contributed by atoms with Crippen molar-refractivity contribution in [3.63, 3.8) is 0 Å². The van der Waals surface area contributed by atoms with E-state index >= 15 is 0 Å². The Bertz CT molecular complexity index is 354. The molecule has 4 nitrogen and oxygen atoms in total. The minimum absolute atomic E-state index is 0.101. The maximum atomic E-state index is 11.7. The first-order valence-corrected chi connectivity index (χ1v) is 3.65. The largest absolute Gasteiger partial charge is 0.478 e. The number of aromatic nitrogens is 1. The second kappa shape index (κ2) is 3.99. The van der Waals surface area contributed by atoms with Gasteiger partial charge >= 0.3 is 12.6 Å². The highest BCUT2D eigenvalue weighted by molar-refractivity contribution is 5.89. The molecule has 0 bridgehead atoms. The number of ether oxygens (including phenoxy) is 1. The molecule has 0 amide bonds. The van der Waals surface area contributed by atoms with Crippen molar-refractivity contribution in [2.75, 3.05) is 0 Å². The zero-order chi connectivity index (χ0) is 10.7. The Morgan fingerprint density at radius 2 is 2.29 bits per heavy atom. The maximum Gasteiger partial charge on any atom is 0.388 e. The van der Waals surface area contributed by atoms with Crippen molar-refractivity contribution < 1.29 is 23.4 Å². The topological polar surface area (TPSA) is 59.4 Å². The van der Waals surface area contributed by atoms with Crippen LogP contribution in [0.2, 0.25) is 0 Å². The van der Waals surface area contributed by atoms with Crippen molar-refractivity contribution in [1.82, 2.24) is 4.98 Å². The third-order valence-corrected chi connectivity index (χ3v) is 1.52. The molecule has 14 heavy (non-hydrogen) atoms. The normalized spacial score (nSPS) is 10.3. The predicted molar refractivity (Wildman–Crippen MR) is 42.6 cm³/mol. The monoisotopic (exact) mass is 203 g/mol. The lowest BCUT2D eigenvalue weighted by atomic mass is 10.1. The van der Waals surface area contributed by atoms with Gasteiger partial charge in [0.05, 0.1) is 5.56 Å². The van der Waals surface area contributed by atoms with E-state index in [-0.39, 0.29) is 5.56 Å². The molecule has 6 heteroatoms. The van der Waals surface area contributed by atoms with E-state index in [4.69, 9.17) is 5.11 Å². The molecular weight excluding hydrogens is 196 g/mol. The van der Waals surface area contributed by atoms with Gasteiger partial charge in [0.25, 0.3) is 0 Å². The number of carboxylic acids is 1.